The maximum Gasteiger partial charge on any atom is 0.258 e. The third-order valence-electron chi connectivity index (χ3n) is 3.37. The van der Waals surface area contributed by atoms with Crippen LogP contribution in [0.4, 0.5) is 0 Å². The quantitative estimate of drug-likeness (QED) is 0.800. The van der Waals surface area contributed by atoms with Gasteiger partial charge in [0.2, 0.25) is 4.73 Å². The lowest BCUT2D eigenvalue weighted by Gasteiger charge is -2.27. The Morgan fingerprint density at radius 3 is 1.81 bits per heavy atom. The highest BCUT2D eigenvalue weighted by Crippen LogP contribution is 2.41. The maximum atomic E-state index is 10.7. The molecule has 0 atom stereocenters. The molecule has 1 aromatic heterocycles. The zero-order valence-electron chi connectivity index (χ0n) is 13.3. The van der Waals surface area contributed by atoms with E-state index in [0.29, 0.717) is 16.4 Å². The van der Waals surface area contributed by atoms with Crippen LogP contribution in [0.5, 0.6) is 5.75 Å². The highest BCUT2D eigenvalue weighted by atomic mass is 79.9. The zero-order chi connectivity index (χ0) is 16.0. The Kier molecular flexibility index (Phi) is 3.91. The van der Waals surface area contributed by atoms with E-state index in [9.17, 15) is 5.11 Å². The van der Waals surface area contributed by atoms with E-state index in [1.165, 1.54) is 0 Å². The smallest absolute Gasteiger partial charge is 0.258 e. The third-order valence-corrected chi connectivity index (χ3v) is 3.70. The summed E-state index contributed by atoms with van der Waals surface area (Å²) >= 11 is 3.19. The molecule has 4 nitrogen and oxygen atoms in total. The van der Waals surface area contributed by atoms with Gasteiger partial charge in [-0.15, -0.1) is 0 Å². The van der Waals surface area contributed by atoms with Crippen molar-refractivity contribution in [2.45, 2.75) is 52.4 Å². The van der Waals surface area contributed by atoms with Crippen molar-refractivity contribution in [3.05, 3.63) is 28.0 Å². The predicted molar refractivity (Wildman–Crippen MR) is 86.5 cm³/mol. The van der Waals surface area contributed by atoms with E-state index >= 15 is 0 Å². The zero-order valence-corrected chi connectivity index (χ0v) is 14.9. The van der Waals surface area contributed by atoms with Crippen molar-refractivity contribution in [1.82, 2.24) is 10.1 Å². The molecule has 0 aliphatic carbocycles. The number of aromatic hydroxyl groups is 1. The van der Waals surface area contributed by atoms with Gasteiger partial charge in [-0.1, -0.05) is 41.5 Å². The molecule has 0 amide bonds. The van der Waals surface area contributed by atoms with Crippen LogP contribution in [0.15, 0.2) is 21.4 Å². The molecule has 1 N–H and O–H groups in total. The first-order valence-electron chi connectivity index (χ1n) is 6.87. The Morgan fingerprint density at radius 1 is 1.00 bits per heavy atom. The van der Waals surface area contributed by atoms with Gasteiger partial charge in [-0.3, -0.25) is 0 Å². The lowest BCUT2D eigenvalue weighted by Crippen LogP contribution is -2.17. The Balaban J connectivity index is 2.74. The summed E-state index contributed by atoms with van der Waals surface area (Å²) in [5.74, 6) is 0.787. The number of rotatable bonds is 1. The van der Waals surface area contributed by atoms with Crippen LogP contribution >= 0.6 is 15.9 Å². The summed E-state index contributed by atoms with van der Waals surface area (Å²) in [5, 5.41) is 14.4. The molecular weight excluding hydrogens is 332 g/mol. The van der Waals surface area contributed by atoms with E-state index in [0.717, 1.165) is 16.7 Å². The number of benzene rings is 1. The normalized spacial score (nSPS) is 12.7. The van der Waals surface area contributed by atoms with Gasteiger partial charge in [0.15, 0.2) is 0 Å². The minimum atomic E-state index is -0.183. The fourth-order valence-corrected chi connectivity index (χ4v) is 2.46. The van der Waals surface area contributed by atoms with Gasteiger partial charge in [0.1, 0.15) is 5.75 Å². The second-order valence-electron chi connectivity index (χ2n) is 7.29. The van der Waals surface area contributed by atoms with Crippen molar-refractivity contribution >= 4 is 15.9 Å². The van der Waals surface area contributed by atoms with Crippen LogP contribution in [0.1, 0.15) is 52.7 Å². The lowest BCUT2D eigenvalue weighted by atomic mass is 9.78. The summed E-state index contributed by atoms with van der Waals surface area (Å²) in [5.41, 5.74) is 2.20. The summed E-state index contributed by atoms with van der Waals surface area (Å²) < 4.78 is 5.65. The van der Waals surface area contributed by atoms with Gasteiger partial charge in [-0.05, 0) is 44.0 Å². The minimum absolute atomic E-state index is 0.183. The molecule has 2 aromatic rings. The molecule has 1 aromatic carbocycles. The molecule has 0 bridgehead atoms. The molecule has 0 aliphatic heterocycles. The van der Waals surface area contributed by atoms with Crippen LogP contribution in [-0.2, 0) is 10.8 Å². The molecule has 114 valence electrons. The fourth-order valence-electron chi connectivity index (χ4n) is 2.22. The first kappa shape index (κ1) is 16.0. The first-order valence-corrected chi connectivity index (χ1v) is 7.67. The molecule has 1 heterocycles. The number of aromatic nitrogens is 2. The molecule has 0 saturated heterocycles. The van der Waals surface area contributed by atoms with Gasteiger partial charge in [0, 0.05) is 16.7 Å². The highest BCUT2D eigenvalue weighted by Gasteiger charge is 2.27. The van der Waals surface area contributed by atoms with Crippen LogP contribution in [-0.4, -0.2) is 15.2 Å². The Morgan fingerprint density at radius 2 is 1.48 bits per heavy atom. The molecule has 0 spiro atoms. The van der Waals surface area contributed by atoms with Gasteiger partial charge < -0.3 is 9.63 Å². The first-order chi connectivity index (χ1) is 9.50. The SMILES string of the molecule is CC(C)(C)c1cc(-c2nc(Br)no2)cc(C(C)(C)C)c1O. The van der Waals surface area contributed by atoms with Crippen molar-refractivity contribution in [1.29, 1.82) is 0 Å². The van der Waals surface area contributed by atoms with Gasteiger partial charge in [0.25, 0.3) is 5.89 Å². The van der Waals surface area contributed by atoms with Crippen molar-refractivity contribution in [3.8, 4) is 17.2 Å². The number of halogens is 1. The van der Waals surface area contributed by atoms with Crippen molar-refractivity contribution in [3.63, 3.8) is 0 Å². The average Bonchev–Trinajstić information content (AvgIpc) is 2.73. The largest absolute Gasteiger partial charge is 0.507 e. The van der Waals surface area contributed by atoms with Crippen molar-refractivity contribution < 1.29 is 9.63 Å². The van der Waals surface area contributed by atoms with Crippen LogP contribution in [0.3, 0.4) is 0 Å². The summed E-state index contributed by atoms with van der Waals surface area (Å²) in [4.78, 5) is 4.21. The van der Waals surface area contributed by atoms with Crippen LogP contribution in [0.2, 0.25) is 0 Å². The average molecular weight is 353 g/mol. The Hall–Kier alpha value is -1.36. The lowest BCUT2D eigenvalue weighted by molar-refractivity contribution is 0.419. The van der Waals surface area contributed by atoms with Crippen molar-refractivity contribution in [2.75, 3.05) is 0 Å². The molecule has 0 fully saturated rings. The van der Waals surface area contributed by atoms with E-state index in [2.05, 4.69) is 67.6 Å². The van der Waals surface area contributed by atoms with E-state index in [-0.39, 0.29) is 10.8 Å². The molecule has 21 heavy (non-hydrogen) atoms. The van der Waals surface area contributed by atoms with E-state index in [4.69, 9.17) is 4.52 Å². The standard InChI is InChI=1S/C16H21BrN2O2/c1-15(2,3)10-7-9(13-18-14(17)19-21-13)8-11(12(10)20)16(4,5)6/h7-8,20H,1-6H3. The molecule has 5 heteroatoms. The van der Waals surface area contributed by atoms with E-state index in [1.807, 2.05) is 12.1 Å². The summed E-state index contributed by atoms with van der Waals surface area (Å²) in [7, 11) is 0. The molecule has 0 unspecified atom stereocenters. The second kappa shape index (κ2) is 5.13. The molecule has 2 rings (SSSR count). The topological polar surface area (TPSA) is 59.2 Å². The van der Waals surface area contributed by atoms with Gasteiger partial charge in [-0.25, -0.2) is 0 Å². The number of phenols is 1. The van der Waals surface area contributed by atoms with E-state index < -0.39 is 0 Å². The molecular formula is C16H21BrN2O2. The number of hydrogen-bond acceptors (Lipinski definition) is 4. The Labute approximate surface area is 133 Å². The number of nitrogens with zero attached hydrogens (tertiary/aromatic N) is 2. The predicted octanol–water partition coefficient (Wildman–Crippen LogP) is 4.80. The van der Waals surface area contributed by atoms with Gasteiger partial charge >= 0.3 is 0 Å². The maximum absolute atomic E-state index is 10.7. The summed E-state index contributed by atoms with van der Waals surface area (Å²) in [6.07, 6.45) is 0. The third kappa shape index (κ3) is 3.28. The summed E-state index contributed by atoms with van der Waals surface area (Å²) in [6.45, 7) is 12.4. The Bertz CT molecular complexity index is 629. The van der Waals surface area contributed by atoms with Crippen molar-refractivity contribution in [2.24, 2.45) is 0 Å². The van der Waals surface area contributed by atoms with Crippen LogP contribution < -0.4 is 0 Å². The monoisotopic (exact) mass is 352 g/mol. The molecule has 0 radical (unpaired) electrons. The summed E-state index contributed by atoms with van der Waals surface area (Å²) in [6, 6.07) is 3.84. The van der Waals surface area contributed by atoms with Crippen LogP contribution in [0, 0.1) is 0 Å². The fraction of sp³-hybridized carbons (Fsp3) is 0.500. The number of phenolic OH excluding ortho intramolecular Hbond substituents is 1. The van der Waals surface area contributed by atoms with Crippen LogP contribution in [0.25, 0.3) is 11.5 Å². The number of hydrogen-bond donors (Lipinski definition) is 1. The van der Waals surface area contributed by atoms with Gasteiger partial charge in [0.05, 0.1) is 0 Å². The van der Waals surface area contributed by atoms with Gasteiger partial charge in [-0.2, -0.15) is 4.98 Å². The molecule has 0 saturated carbocycles. The second-order valence-corrected chi connectivity index (χ2v) is 8.00. The minimum Gasteiger partial charge on any atom is -0.507 e. The molecule has 0 aliphatic rings. The van der Waals surface area contributed by atoms with E-state index in [1.54, 1.807) is 0 Å². The highest BCUT2D eigenvalue weighted by molar-refractivity contribution is 9.10.